The number of hydrogen-bond acceptors (Lipinski definition) is 6. The SMILES string of the molecule is C/C(=N\O)c1cc(C)ccc1[O-].C/C(=N\O)c1cc(C)ccc1[O-].[Cu+2]. The van der Waals surface area contributed by atoms with Crippen molar-refractivity contribution in [2.24, 2.45) is 10.3 Å². The second-order valence-corrected chi connectivity index (χ2v) is 5.37. The molecule has 1 radical (unpaired) electrons. The van der Waals surface area contributed by atoms with Crippen LogP contribution in [-0.4, -0.2) is 21.8 Å². The summed E-state index contributed by atoms with van der Waals surface area (Å²) in [4.78, 5) is 0. The molecule has 0 saturated heterocycles. The summed E-state index contributed by atoms with van der Waals surface area (Å²) in [6.07, 6.45) is 0. The van der Waals surface area contributed by atoms with Crippen molar-refractivity contribution in [1.29, 1.82) is 0 Å². The van der Waals surface area contributed by atoms with Crippen molar-refractivity contribution in [2.75, 3.05) is 0 Å². The Morgan fingerprint density at radius 1 is 0.760 bits per heavy atom. The second kappa shape index (κ2) is 10.4. The maximum absolute atomic E-state index is 11.2. The molecular formula is C18H20CuN2O4. The van der Waals surface area contributed by atoms with Crippen LogP contribution in [0.1, 0.15) is 36.1 Å². The van der Waals surface area contributed by atoms with Gasteiger partial charge in [0.2, 0.25) is 0 Å². The number of nitrogens with zero attached hydrogens (tertiary/aromatic N) is 2. The molecule has 2 aromatic carbocycles. The quantitative estimate of drug-likeness (QED) is 0.354. The van der Waals surface area contributed by atoms with Gasteiger partial charge in [-0.15, -0.1) is 0 Å². The summed E-state index contributed by atoms with van der Waals surface area (Å²) >= 11 is 0. The molecular weight excluding hydrogens is 372 g/mol. The molecule has 0 unspecified atom stereocenters. The van der Waals surface area contributed by atoms with Crippen LogP contribution in [0.5, 0.6) is 11.5 Å². The largest absolute Gasteiger partial charge is 2.00 e. The molecule has 0 aliphatic rings. The summed E-state index contributed by atoms with van der Waals surface area (Å²) in [6.45, 7) is 6.95. The predicted molar refractivity (Wildman–Crippen MR) is 89.2 cm³/mol. The topological polar surface area (TPSA) is 111 Å². The molecule has 0 saturated carbocycles. The second-order valence-electron chi connectivity index (χ2n) is 5.37. The van der Waals surface area contributed by atoms with Crippen LogP contribution in [0.3, 0.4) is 0 Å². The van der Waals surface area contributed by atoms with Crippen LogP contribution < -0.4 is 10.2 Å². The third-order valence-electron chi connectivity index (χ3n) is 3.35. The third-order valence-corrected chi connectivity index (χ3v) is 3.35. The maximum Gasteiger partial charge on any atom is 2.00 e. The fourth-order valence-electron chi connectivity index (χ4n) is 1.96. The molecule has 25 heavy (non-hydrogen) atoms. The van der Waals surface area contributed by atoms with E-state index in [0.717, 1.165) is 11.1 Å². The monoisotopic (exact) mass is 391 g/mol. The van der Waals surface area contributed by atoms with Crippen molar-refractivity contribution in [3.63, 3.8) is 0 Å². The van der Waals surface area contributed by atoms with E-state index in [0.29, 0.717) is 22.6 Å². The van der Waals surface area contributed by atoms with Crippen molar-refractivity contribution in [2.45, 2.75) is 27.7 Å². The molecule has 2 N–H and O–H groups in total. The number of oxime groups is 2. The summed E-state index contributed by atoms with van der Waals surface area (Å²) in [7, 11) is 0. The van der Waals surface area contributed by atoms with Gasteiger partial charge in [0.1, 0.15) is 0 Å². The van der Waals surface area contributed by atoms with Crippen LogP contribution in [-0.2, 0) is 17.1 Å². The van der Waals surface area contributed by atoms with Crippen LogP contribution >= 0.6 is 0 Å². The fourth-order valence-corrected chi connectivity index (χ4v) is 1.96. The van der Waals surface area contributed by atoms with Crippen molar-refractivity contribution in [1.82, 2.24) is 0 Å². The number of rotatable bonds is 2. The zero-order valence-corrected chi connectivity index (χ0v) is 15.3. The first-order valence-corrected chi connectivity index (χ1v) is 7.23. The van der Waals surface area contributed by atoms with E-state index in [4.69, 9.17) is 10.4 Å². The van der Waals surface area contributed by atoms with Gasteiger partial charge < -0.3 is 20.6 Å². The molecule has 0 aliphatic heterocycles. The minimum atomic E-state index is -0.115. The zero-order valence-electron chi connectivity index (χ0n) is 14.4. The van der Waals surface area contributed by atoms with Gasteiger partial charge in [0, 0.05) is 0 Å². The Kier molecular flexibility index (Phi) is 9.34. The Bertz CT molecular complexity index is 708. The van der Waals surface area contributed by atoms with Crippen LogP contribution in [0.25, 0.3) is 0 Å². The molecule has 2 aromatic rings. The Balaban J connectivity index is 0.000000443. The van der Waals surface area contributed by atoms with Gasteiger partial charge in [0.05, 0.1) is 11.4 Å². The van der Waals surface area contributed by atoms with Crippen molar-refractivity contribution < 1.29 is 37.7 Å². The Labute approximate surface area is 157 Å². The Morgan fingerprint density at radius 2 is 1.08 bits per heavy atom. The van der Waals surface area contributed by atoms with E-state index in [1.165, 1.54) is 12.1 Å². The van der Waals surface area contributed by atoms with Crippen molar-refractivity contribution in [3.8, 4) is 11.5 Å². The average Bonchev–Trinajstić information content (AvgIpc) is 2.58. The molecule has 137 valence electrons. The molecule has 0 atom stereocenters. The Hall–Kier alpha value is -2.50. The van der Waals surface area contributed by atoms with Gasteiger partial charge >= 0.3 is 17.1 Å². The molecule has 0 amide bonds. The molecule has 0 heterocycles. The number of benzene rings is 2. The molecule has 0 spiro atoms. The van der Waals surface area contributed by atoms with E-state index in [1.807, 2.05) is 13.8 Å². The summed E-state index contributed by atoms with van der Waals surface area (Å²) in [5.41, 5.74) is 3.57. The molecule has 0 aromatic heterocycles. The smallest absolute Gasteiger partial charge is 0.872 e. The third kappa shape index (κ3) is 6.49. The molecule has 0 aliphatic carbocycles. The standard InChI is InChI=1S/2C9H11NO2.Cu/c2*1-6-3-4-9(11)8(5-6)7(2)10-12;/h2*3-5,11-12H,1-2H3;/q;;+2/p-2/b2*10-7+;. The van der Waals surface area contributed by atoms with E-state index in [1.54, 1.807) is 38.1 Å². The van der Waals surface area contributed by atoms with Gasteiger partial charge in [-0.3, -0.25) is 0 Å². The summed E-state index contributed by atoms with van der Waals surface area (Å²) < 4.78 is 0. The zero-order chi connectivity index (χ0) is 18.3. The number of aryl methyl sites for hydroxylation is 2. The maximum atomic E-state index is 11.2. The summed E-state index contributed by atoms with van der Waals surface area (Å²) in [6, 6.07) is 9.82. The first-order valence-electron chi connectivity index (χ1n) is 7.23. The van der Waals surface area contributed by atoms with Gasteiger partial charge in [-0.25, -0.2) is 0 Å². The van der Waals surface area contributed by atoms with E-state index >= 15 is 0 Å². The van der Waals surface area contributed by atoms with E-state index in [9.17, 15) is 10.2 Å². The minimum Gasteiger partial charge on any atom is -0.872 e. The van der Waals surface area contributed by atoms with Crippen LogP contribution in [0.4, 0.5) is 0 Å². The van der Waals surface area contributed by atoms with Crippen LogP contribution in [0.2, 0.25) is 0 Å². The molecule has 7 heteroatoms. The van der Waals surface area contributed by atoms with Gasteiger partial charge in [-0.1, -0.05) is 69.3 Å². The van der Waals surface area contributed by atoms with Crippen LogP contribution in [0.15, 0.2) is 46.7 Å². The van der Waals surface area contributed by atoms with Gasteiger partial charge in [0.25, 0.3) is 0 Å². The average molecular weight is 392 g/mol. The predicted octanol–water partition coefficient (Wildman–Crippen LogP) is 2.53. The molecule has 2 rings (SSSR count). The minimum absolute atomic E-state index is 0. The van der Waals surface area contributed by atoms with Gasteiger partial charge in [-0.2, -0.15) is 0 Å². The normalized spacial score (nSPS) is 11.2. The van der Waals surface area contributed by atoms with E-state index in [-0.39, 0.29) is 28.6 Å². The van der Waals surface area contributed by atoms with Gasteiger partial charge in [0.15, 0.2) is 0 Å². The van der Waals surface area contributed by atoms with E-state index in [2.05, 4.69) is 10.3 Å². The molecule has 0 fully saturated rings. The first-order chi connectivity index (χ1) is 11.3. The molecule has 6 nitrogen and oxygen atoms in total. The van der Waals surface area contributed by atoms with Crippen molar-refractivity contribution in [3.05, 3.63) is 58.7 Å². The molecule has 0 bridgehead atoms. The fraction of sp³-hybridized carbons (Fsp3) is 0.222. The first kappa shape index (κ1) is 22.5. The number of hydrogen-bond donors (Lipinski definition) is 2. The van der Waals surface area contributed by atoms with Gasteiger partial charge in [-0.05, 0) is 38.8 Å². The van der Waals surface area contributed by atoms with E-state index < -0.39 is 0 Å². The summed E-state index contributed by atoms with van der Waals surface area (Å²) in [5, 5.41) is 45.2. The van der Waals surface area contributed by atoms with Crippen LogP contribution in [0, 0.1) is 13.8 Å². The van der Waals surface area contributed by atoms with Crippen molar-refractivity contribution >= 4 is 11.4 Å². The Morgan fingerprint density at radius 3 is 1.36 bits per heavy atom. The summed E-state index contributed by atoms with van der Waals surface area (Å²) in [5.74, 6) is -0.230.